The van der Waals surface area contributed by atoms with Crippen LogP contribution in [0, 0.1) is 0 Å². The lowest BCUT2D eigenvalue weighted by molar-refractivity contribution is -0.137. The summed E-state index contributed by atoms with van der Waals surface area (Å²) in [6, 6.07) is 9.32. The van der Waals surface area contributed by atoms with Crippen LogP contribution in [-0.4, -0.2) is 32.3 Å². The van der Waals surface area contributed by atoms with Gasteiger partial charge in [0, 0.05) is 24.3 Å². The third kappa shape index (κ3) is 4.64. The number of hydrogen-bond acceptors (Lipinski definition) is 3. The number of halogens is 3. The van der Waals surface area contributed by atoms with E-state index in [0.717, 1.165) is 37.5 Å². The topological polar surface area (TPSA) is 66.5 Å². The molecule has 150 valence electrons. The molecule has 0 radical (unpaired) electrons. The van der Waals surface area contributed by atoms with Crippen LogP contribution in [0.2, 0.25) is 0 Å². The minimum Gasteiger partial charge on any atom is -0.339 e. The highest BCUT2D eigenvalue weighted by molar-refractivity contribution is 7.92. The van der Waals surface area contributed by atoms with Crippen molar-refractivity contribution in [1.29, 1.82) is 0 Å². The first kappa shape index (κ1) is 20.2. The van der Waals surface area contributed by atoms with E-state index in [9.17, 15) is 26.4 Å². The maximum atomic E-state index is 12.8. The summed E-state index contributed by atoms with van der Waals surface area (Å²) in [6.45, 7) is 1.35. The molecule has 2 aromatic carbocycles. The van der Waals surface area contributed by atoms with Crippen molar-refractivity contribution in [2.24, 2.45) is 0 Å². The van der Waals surface area contributed by atoms with E-state index in [1.807, 2.05) is 0 Å². The standard InChI is InChI=1S/C19H19F3N2O3S/c20-19(21,22)15-5-4-6-16(13-15)23-28(26,27)17-9-7-14(8-10-17)18(25)24-11-2-1-3-12-24/h4-10,13,23H,1-3,11-12H2. The summed E-state index contributed by atoms with van der Waals surface area (Å²) in [7, 11) is -4.09. The van der Waals surface area contributed by atoms with Crippen LogP contribution in [0.25, 0.3) is 0 Å². The zero-order valence-corrected chi connectivity index (χ0v) is 15.7. The summed E-state index contributed by atoms with van der Waals surface area (Å²) >= 11 is 0. The number of carbonyl (C=O) groups is 1. The highest BCUT2D eigenvalue weighted by Gasteiger charge is 2.30. The number of carbonyl (C=O) groups excluding carboxylic acids is 1. The van der Waals surface area contributed by atoms with Crippen LogP contribution in [-0.2, 0) is 16.2 Å². The average Bonchev–Trinajstić information content (AvgIpc) is 2.67. The minimum atomic E-state index is -4.57. The van der Waals surface area contributed by atoms with Gasteiger partial charge in [-0.25, -0.2) is 8.42 Å². The van der Waals surface area contributed by atoms with Gasteiger partial charge in [0.2, 0.25) is 0 Å². The predicted molar refractivity (Wildman–Crippen MR) is 98.4 cm³/mol. The molecule has 1 aliphatic rings. The highest BCUT2D eigenvalue weighted by atomic mass is 32.2. The molecule has 2 aromatic rings. The summed E-state index contributed by atoms with van der Waals surface area (Å²) in [5, 5.41) is 0. The Morgan fingerprint density at radius 3 is 2.21 bits per heavy atom. The van der Waals surface area contributed by atoms with E-state index in [1.54, 1.807) is 4.90 Å². The van der Waals surface area contributed by atoms with E-state index in [4.69, 9.17) is 0 Å². The third-order valence-electron chi connectivity index (χ3n) is 4.50. The monoisotopic (exact) mass is 412 g/mol. The van der Waals surface area contributed by atoms with E-state index in [2.05, 4.69) is 4.72 Å². The van der Waals surface area contributed by atoms with Gasteiger partial charge in [-0.1, -0.05) is 6.07 Å². The highest BCUT2D eigenvalue weighted by Crippen LogP contribution is 2.31. The van der Waals surface area contributed by atoms with Crippen molar-refractivity contribution in [3.05, 3.63) is 59.7 Å². The number of rotatable bonds is 4. The summed E-state index contributed by atoms with van der Waals surface area (Å²) in [5.41, 5.74) is -0.765. The van der Waals surface area contributed by atoms with Crippen molar-refractivity contribution < 1.29 is 26.4 Å². The number of nitrogens with one attached hydrogen (secondary N) is 1. The Balaban J connectivity index is 1.76. The largest absolute Gasteiger partial charge is 0.416 e. The van der Waals surface area contributed by atoms with Gasteiger partial charge >= 0.3 is 6.18 Å². The van der Waals surface area contributed by atoms with Crippen LogP contribution in [0.3, 0.4) is 0 Å². The first-order valence-electron chi connectivity index (χ1n) is 8.76. The van der Waals surface area contributed by atoms with Gasteiger partial charge < -0.3 is 4.90 Å². The van der Waals surface area contributed by atoms with Crippen molar-refractivity contribution in [3.8, 4) is 0 Å². The first-order valence-corrected chi connectivity index (χ1v) is 10.2. The Morgan fingerprint density at radius 1 is 0.964 bits per heavy atom. The van der Waals surface area contributed by atoms with Gasteiger partial charge in [0.15, 0.2) is 0 Å². The fourth-order valence-corrected chi connectivity index (χ4v) is 4.08. The second-order valence-electron chi connectivity index (χ2n) is 6.56. The number of piperidine rings is 1. The van der Waals surface area contributed by atoms with E-state index >= 15 is 0 Å². The van der Waals surface area contributed by atoms with Gasteiger partial charge in [0.25, 0.3) is 15.9 Å². The predicted octanol–water partition coefficient (Wildman–Crippen LogP) is 4.13. The normalized spacial score (nSPS) is 15.3. The van der Waals surface area contributed by atoms with Crippen molar-refractivity contribution in [3.63, 3.8) is 0 Å². The van der Waals surface area contributed by atoms with E-state index in [-0.39, 0.29) is 16.5 Å². The van der Waals surface area contributed by atoms with Gasteiger partial charge in [-0.2, -0.15) is 13.2 Å². The molecule has 28 heavy (non-hydrogen) atoms. The number of amides is 1. The van der Waals surface area contributed by atoms with E-state index < -0.39 is 21.8 Å². The molecule has 1 N–H and O–H groups in total. The van der Waals surface area contributed by atoms with Gasteiger partial charge in [-0.15, -0.1) is 0 Å². The maximum absolute atomic E-state index is 12.8. The van der Waals surface area contributed by atoms with Crippen LogP contribution >= 0.6 is 0 Å². The molecular formula is C19H19F3N2O3S. The quantitative estimate of drug-likeness (QED) is 0.821. The lowest BCUT2D eigenvalue weighted by atomic mass is 10.1. The molecule has 0 atom stereocenters. The second-order valence-corrected chi connectivity index (χ2v) is 8.24. The Kier molecular flexibility index (Phi) is 5.64. The van der Waals surface area contributed by atoms with Gasteiger partial charge in [0.05, 0.1) is 10.5 Å². The molecule has 1 fully saturated rings. The van der Waals surface area contributed by atoms with Gasteiger partial charge in [-0.05, 0) is 61.7 Å². The van der Waals surface area contributed by atoms with Crippen LogP contribution in [0.1, 0.15) is 35.2 Å². The fourth-order valence-electron chi connectivity index (χ4n) is 3.03. The van der Waals surface area contributed by atoms with Crippen LogP contribution in [0.15, 0.2) is 53.4 Å². The lowest BCUT2D eigenvalue weighted by Gasteiger charge is -2.26. The smallest absolute Gasteiger partial charge is 0.339 e. The zero-order valence-electron chi connectivity index (χ0n) is 14.9. The summed E-state index contributed by atoms with van der Waals surface area (Å²) < 4.78 is 65.4. The molecule has 3 rings (SSSR count). The minimum absolute atomic E-state index is 0.139. The van der Waals surface area contributed by atoms with Crippen molar-refractivity contribution in [1.82, 2.24) is 4.90 Å². The Bertz CT molecular complexity index is 951. The average molecular weight is 412 g/mol. The van der Waals surface area contributed by atoms with Crippen molar-refractivity contribution in [2.75, 3.05) is 17.8 Å². The summed E-state index contributed by atoms with van der Waals surface area (Å²) in [6.07, 6.45) is -1.60. The Labute approximate surface area is 161 Å². The van der Waals surface area contributed by atoms with Gasteiger partial charge in [-0.3, -0.25) is 9.52 Å². The number of benzene rings is 2. The maximum Gasteiger partial charge on any atom is 0.416 e. The number of sulfonamides is 1. The summed E-state index contributed by atoms with van der Waals surface area (Å²) in [4.78, 5) is 14.0. The molecule has 0 bridgehead atoms. The fraction of sp³-hybridized carbons (Fsp3) is 0.316. The van der Waals surface area contributed by atoms with Crippen molar-refractivity contribution >= 4 is 21.6 Å². The number of hydrogen-bond donors (Lipinski definition) is 1. The molecule has 1 saturated heterocycles. The zero-order chi connectivity index (χ0) is 20.4. The first-order chi connectivity index (χ1) is 13.2. The molecular weight excluding hydrogens is 393 g/mol. The second kappa shape index (κ2) is 7.83. The number of nitrogens with zero attached hydrogens (tertiary/aromatic N) is 1. The number of alkyl halides is 3. The molecule has 0 saturated carbocycles. The molecule has 0 aliphatic carbocycles. The SMILES string of the molecule is O=C(c1ccc(S(=O)(=O)Nc2cccc(C(F)(F)F)c2)cc1)N1CCCCC1. The molecule has 1 heterocycles. The molecule has 1 amide bonds. The van der Waals surface area contributed by atoms with E-state index in [0.29, 0.717) is 18.7 Å². The molecule has 0 aromatic heterocycles. The number of anilines is 1. The van der Waals surface area contributed by atoms with E-state index in [1.165, 1.54) is 30.3 Å². The molecule has 0 spiro atoms. The van der Waals surface area contributed by atoms with Crippen LogP contribution in [0.5, 0.6) is 0 Å². The molecule has 9 heteroatoms. The van der Waals surface area contributed by atoms with Crippen LogP contribution in [0.4, 0.5) is 18.9 Å². The summed E-state index contributed by atoms with van der Waals surface area (Å²) in [5.74, 6) is -0.158. The number of likely N-dealkylation sites (tertiary alicyclic amines) is 1. The Morgan fingerprint density at radius 2 is 1.61 bits per heavy atom. The Hall–Kier alpha value is -2.55. The molecule has 0 unspecified atom stereocenters. The van der Waals surface area contributed by atoms with Crippen LogP contribution < -0.4 is 4.72 Å². The molecule has 1 aliphatic heterocycles. The lowest BCUT2D eigenvalue weighted by Crippen LogP contribution is -2.35. The third-order valence-corrected chi connectivity index (χ3v) is 5.89. The molecule has 5 nitrogen and oxygen atoms in total. The van der Waals surface area contributed by atoms with Gasteiger partial charge in [0.1, 0.15) is 0 Å². The van der Waals surface area contributed by atoms with Crippen molar-refractivity contribution in [2.45, 2.75) is 30.3 Å².